The van der Waals surface area contributed by atoms with Gasteiger partial charge in [0.2, 0.25) is 24.1 Å². The van der Waals surface area contributed by atoms with Crippen LogP contribution in [-0.2, 0) is 26.9 Å². The molecule has 280 valence electrons. The number of sulfone groups is 1. The van der Waals surface area contributed by atoms with Gasteiger partial charge in [0.1, 0.15) is 16.9 Å². The summed E-state index contributed by atoms with van der Waals surface area (Å²) in [5, 5.41) is 2.11. The number of hydrogen-bond donors (Lipinski definition) is 0. The molecule has 0 saturated carbocycles. The lowest BCUT2D eigenvalue weighted by Gasteiger charge is -2.41. The molecule has 4 heterocycles. The number of benzene rings is 3. The Morgan fingerprint density at radius 3 is 2.26 bits per heavy atom. The van der Waals surface area contributed by atoms with E-state index in [0.29, 0.717) is 36.8 Å². The fourth-order valence-corrected chi connectivity index (χ4v) is 9.53. The summed E-state index contributed by atoms with van der Waals surface area (Å²) in [6.07, 6.45) is 2.98. The zero-order valence-electron chi connectivity index (χ0n) is 32.0. The first kappa shape index (κ1) is 36.8. The van der Waals surface area contributed by atoms with E-state index < -0.39 is 23.8 Å². The van der Waals surface area contributed by atoms with Crippen molar-refractivity contribution in [3.8, 4) is 5.75 Å². The maximum Gasteiger partial charge on any atom is 0.410 e. The van der Waals surface area contributed by atoms with E-state index in [0.717, 1.165) is 34.9 Å². The smallest absolute Gasteiger partial charge is 0.410 e. The van der Waals surface area contributed by atoms with Crippen LogP contribution in [0.3, 0.4) is 0 Å². The monoisotopic (exact) mass is 754 g/mol. The number of amides is 1. The standard InChI is InChI=1S/C40H50N6O5SSi/c1-39(2,3)50-38(47)46-30-17-18-31(46)24-44(23-30)37-42-35-34(36(43-37)52(48,49)25-27-13-10-9-11-14-27)41-26-45(35)22-29-16-12-15-28-21-32(19-20-33(28)29)51-53(7,8)40(4,5)6/h9-16,19-21,26,30-31H,17-18,22-25H2,1-8H3/t30-,31+. The average molecular weight is 755 g/mol. The van der Waals surface area contributed by atoms with Crippen molar-refractivity contribution in [3.63, 3.8) is 0 Å². The zero-order valence-corrected chi connectivity index (χ0v) is 33.8. The number of aromatic nitrogens is 4. The average Bonchev–Trinajstić information content (AvgIpc) is 3.59. The molecule has 2 aliphatic rings. The fourth-order valence-electron chi connectivity index (χ4n) is 7.08. The molecule has 1 amide bonds. The van der Waals surface area contributed by atoms with Crippen molar-refractivity contribution in [2.24, 2.45) is 0 Å². The number of carbonyl (C=O) groups excluding carboxylic acids is 1. The number of carbonyl (C=O) groups is 1. The number of ether oxygens (including phenoxy) is 1. The molecule has 2 saturated heterocycles. The Kier molecular flexibility index (Phi) is 9.33. The lowest BCUT2D eigenvalue weighted by atomic mass is 10.0. The van der Waals surface area contributed by atoms with E-state index in [2.05, 4.69) is 63.1 Å². The van der Waals surface area contributed by atoms with E-state index in [1.54, 1.807) is 18.5 Å². The molecule has 53 heavy (non-hydrogen) atoms. The lowest BCUT2D eigenvalue weighted by molar-refractivity contribution is 0.0122. The summed E-state index contributed by atoms with van der Waals surface area (Å²) >= 11 is 0. The van der Waals surface area contributed by atoms with Crippen LogP contribution >= 0.6 is 0 Å². The van der Waals surface area contributed by atoms with Gasteiger partial charge in [-0.1, -0.05) is 75.4 Å². The number of piperazine rings is 1. The molecule has 0 radical (unpaired) electrons. The number of rotatable bonds is 8. The van der Waals surface area contributed by atoms with Crippen molar-refractivity contribution in [3.05, 3.63) is 84.2 Å². The molecule has 11 nitrogen and oxygen atoms in total. The summed E-state index contributed by atoms with van der Waals surface area (Å²) in [6.45, 7) is 18.1. The van der Waals surface area contributed by atoms with E-state index >= 15 is 0 Å². The first-order valence-electron chi connectivity index (χ1n) is 18.3. The second-order valence-corrected chi connectivity index (χ2v) is 23.6. The highest BCUT2D eigenvalue weighted by molar-refractivity contribution is 7.90. The Morgan fingerprint density at radius 1 is 0.906 bits per heavy atom. The summed E-state index contributed by atoms with van der Waals surface area (Å²) in [5.41, 5.74) is 1.78. The van der Waals surface area contributed by atoms with Gasteiger partial charge in [-0.25, -0.2) is 18.2 Å². The van der Waals surface area contributed by atoms with E-state index in [9.17, 15) is 13.2 Å². The Bertz CT molecular complexity index is 2270. The van der Waals surface area contributed by atoms with Crippen LogP contribution in [0, 0.1) is 0 Å². The normalized spacial score (nSPS) is 18.2. The number of imidazole rings is 1. The Morgan fingerprint density at radius 2 is 1.60 bits per heavy atom. The second-order valence-electron chi connectivity index (χ2n) is 17.0. The molecule has 2 aliphatic heterocycles. The molecule has 2 fully saturated rings. The van der Waals surface area contributed by atoms with Gasteiger partial charge in [-0.2, -0.15) is 9.97 Å². The molecule has 3 aromatic carbocycles. The summed E-state index contributed by atoms with van der Waals surface area (Å²) in [4.78, 5) is 31.5. The van der Waals surface area contributed by atoms with Crippen LogP contribution < -0.4 is 9.33 Å². The van der Waals surface area contributed by atoms with Gasteiger partial charge in [-0.05, 0) is 85.8 Å². The third-order valence-electron chi connectivity index (χ3n) is 10.7. The van der Waals surface area contributed by atoms with Crippen molar-refractivity contribution in [2.75, 3.05) is 18.0 Å². The predicted molar refractivity (Wildman–Crippen MR) is 211 cm³/mol. The Hall–Kier alpha value is -4.49. The zero-order chi connectivity index (χ0) is 37.9. The van der Waals surface area contributed by atoms with E-state index in [4.69, 9.17) is 19.1 Å². The van der Waals surface area contributed by atoms with Crippen molar-refractivity contribution < 1.29 is 22.4 Å². The highest BCUT2D eigenvalue weighted by atomic mass is 32.2. The minimum absolute atomic E-state index is 0.0751. The highest BCUT2D eigenvalue weighted by Gasteiger charge is 2.45. The largest absolute Gasteiger partial charge is 0.543 e. The maximum atomic E-state index is 14.2. The molecule has 5 aromatic rings. The van der Waals surface area contributed by atoms with Gasteiger partial charge in [0.05, 0.1) is 30.7 Å². The minimum atomic E-state index is -3.93. The van der Waals surface area contributed by atoms with Crippen LogP contribution in [0.2, 0.25) is 18.1 Å². The van der Waals surface area contributed by atoms with Crippen molar-refractivity contribution >= 4 is 52.1 Å². The van der Waals surface area contributed by atoms with Crippen LogP contribution in [0.1, 0.15) is 65.5 Å². The SMILES string of the molecule is CC(C)(C)OC(=O)N1[C@@H]2CC[C@H]1CN(c1nc(S(=O)(=O)Cc3ccccc3)c3ncn(Cc4cccc5cc(O[Si](C)(C)C(C)(C)C)ccc45)c3n1)C2. The first-order valence-corrected chi connectivity index (χ1v) is 22.9. The van der Waals surface area contributed by atoms with Crippen molar-refractivity contribution in [1.82, 2.24) is 24.4 Å². The van der Waals surface area contributed by atoms with Crippen molar-refractivity contribution in [1.29, 1.82) is 0 Å². The molecular weight excluding hydrogens is 705 g/mol. The summed E-state index contributed by atoms with van der Waals surface area (Å²) < 4.78 is 42.6. The molecule has 0 N–H and O–H groups in total. The molecule has 0 unspecified atom stereocenters. The van der Waals surface area contributed by atoms with Gasteiger partial charge in [0, 0.05) is 13.1 Å². The number of hydrogen-bond acceptors (Lipinski definition) is 9. The predicted octanol–water partition coefficient (Wildman–Crippen LogP) is 7.97. The third-order valence-corrected chi connectivity index (χ3v) is 16.7. The molecule has 13 heteroatoms. The molecule has 0 aliphatic carbocycles. The molecular formula is C40H50N6O5SSi. The highest BCUT2D eigenvalue weighted by Crippen LogP contribution is 2.39. The van der Waals surface area contributed by atoms with Gasteiger partial charge in [0.15, 0.2) is 10.7 Å². The van der Waals surface area contributed by atoms with Crippen LogP contribution in [0.5, 0.6) is 5.75 Å². The van der Waals surface area contributed by atoms with Gasteiger partial charge in [-0.3, -0.25) is 4.90 Å². The van der Waals surface area contributed by atoms with E-state index in [1.807, 2.05) is 65.5 Å². The van der Waals surface area contributed by atoms with Crippen LogP contribution in [0.4, 0.5) is 10.7 Å². The minimum Gasteiger partial charge on any atom is -0.543 e. The third kappa shape index (κ3) is 7.50. The molecule has 0 spiro atoms. The summed E-state index contributed by atoms with van der Waals surface area (Å²) in [6, 6.07) is 21.3. The molecule has 2 aromatic heterocycles. The molecule has 2 atom stereocenters. The van der Waals surface area contributed by atoms with Gasteiger partial charge >= 0.3 is 6.09 Å². The Labute approximate surface area is 313 Å². The molecule has 7 rings (SSSR count). The van der Waals surface area contributed by atoms with Gasteiger partial charge in [0.25, 0.3) is 0 Å². The van der Waals surface area contributed by atoms with Gasteiger partial charge < -0.3 is 18.6 Å². The summed E-state index contributed by atoms with van der Waals surface area (Å²) in [5.74, 6) is 0.963. The number of nitrogens with zero attached hydrogens (tertiary/aromatic N) is 6. The van der Waals surface area contributed by atoms with E-state index in [1.165, 1.54) is 0 Å². The maximum absolute atomic E-state index is 14.2. The van der Waals surface area contributed by atoms with Crippen LogP contribution in [0.25, 0.3) is 21.9 Å². The molecule has 2 bridgehead atoms. The van der Waals surface area contributed by atoms with Crippen LogP contribution in [-0.4, -0.2) is 78.0 Å². The second kappa shape index (κ2) is 13.4. The van der Waals surface area contributed by atoms with Crippen LogP contribution in [0.15, 0.2) is 78.1 Å². The lowest BCUT2D eigenvalue weighted by Crippen LogP contribution is -2.57. The van der Waals surface area contributed by atoms with Gasteiger partial charge in [-0.15, -0.1) is 0 Å². The first-order chi connectivity index (χ1) is 24.9. The number of anilines is 1. The topological polar surface area (TPSA) is 120 Å². The fraction of sp³-hybridized carbons (Fsp3) is 0.450. The quantitative estimate of drug-likeness (QED) is 0.115. The Balaban J connectivity index is 1.26. The summed E-state index contributed by atoms with van der Waals surface area (Å²) in [7, 11) is -5.95. The number of fused-ring (bicyclic) bond motifs is 4. The van der Waals surface area contributed by atoms with E-state index in [-0.39, 0.29) is 39.5 Å². The van der Waals surface area contributed by atoms with Crippen molar-refractivity contribution in [2.45, 2.75) is 108 Å².